The van der Waals surface area contributed by atoms with Crippen molar-refractivity contribution in [3.05, 3.63) is 54.1 Å². The second-order valence-electron chi connectivity index (χ2n) is 6.25. The first-order chi connectivity index (χ1) is 13.1. The van der Waals surface area contributed by atoms with Gasteiger partial charge in [-0.2, -0.15) is 14.6 Å². The van der Waals surface area contributed by atoms with Crippen molar-refractivity contribution in [1.29, 1.82) is 5.26 Å². The van der Waals surface area contributed by atoms with Crippen molar-refractivity contribution in [2.24, 2.45) is 0 Å². The summed E-state index contributed by atoms with van der Waals surface area (Å²) in [7, 11) is -3.44. The summed E-state index contributed by atoms with van der Waals surface area (Å²) in [5, 5.41) is 12.8. The summed E-state index contributed by atoms with van der Waals surface area (Å²) in [4.78, 5) is 4.62. The molecular formula is C19H16N4O3S. The van der Waals surface area contributed by atoms with Gasteiger partial charge in [0.05, 0.1) is 16.5 Å². The minimum absolute atomic E-state index is 0.268. The molecule has 1 aliphatic heterocycles. The molecule has 0 amide bonds. The van der Waals surface area contributed by atoms with Gasteiger partial charge in [-0.15, -0.1) is 0 Å². The lowest BCUT2D eigenvalue weighted by Gasteiger charge is -2.15. The lowest BCUT2D eigenvalue weighted by molar-refractivity contribution is 0.432. The van der Waals surface area contributed by atoms with Gasteiger partial charge in [0.1, 0.15) is 0 Å². The third kappa shape index (κ3) is 3.35. The van der Waals surface area contributed by atoms with Crippen molar-refractivity contribution in [3.8, 4) is 28.9 Å². The molecule has 1 fully saturated rings. The van der Waals surface area contributed by atoms with Crippen LogP contribution in [0.5, 0.6) is 0 Å². The summed E-state index contributed by atoms with van der Waals surface area (Å²) in [6.45, 7) is 1.14. The molecule has 0 spiro atoms. The average Bonchev–Trinajstić information content (AvgIpc) is 3.41. The zero-order valence-electron chi connectivity index (χ0n) is 14.4. The molecule has 7 nitrogen and oxygen atoms in total. The molecule has 0 unspecified atom stereocenters. The number of rotatable bonds is 4. The van der Waals surface area contributed by atoms with Crippen LogP contribution in [-0.2, 0) is 10.0 Å². The molecule has 2 aromatic carbocycles. The molecule has 0 bridgehead atoms. The lowest BCUT2D eigenvalue weighted by atomic mass is 10.1. The average molecular weight is 380 g/mol. The van der Waals surface area contributed by atoms with Gasteiger partial charge in [0, 0.05) is 24.2 Å². The quantitative estimate of drug-likeness (QED) is 0.690. The Morgan fingerprint density at radius 2 is 1.59 bits per heavy atom. The van der Waals surface area contributed by atoms with Gasteiger partial charge < -0.3 is 4.52 Å². The van der Waals surface area contributed by atoms with Crippen molar-refractivity contribution in [2.75, 3.05) is 13.1 Å². The summed E-state index contributed by atoms with van der Waals surface area (Å²) in [5.74, 6) is 0.711. The van der Waals surface area contributed by atoms with E-state index in [0.29, 0.717) is 41.5 Å². The number of hydrogen-bond donors (Lipinski definition) is 0. The first-order valence-corrected chi connectivity index (χ1v) is 9.97. The first kappa shape index (κ1) is 17.4. The summed E-state index contributed by atoms with van der Waals surface area (Å²) in [5.41, 5.74) is 1.92. The fraction of sp³-hybridized carbons (Fsp3) is 0.211. The maximum atomic E-state index is 12.6. The Morgan fingerprint density at radius 1 is 0.963 bits per heavy atom. The largest absolute Gasteiger partial charge is 0.334 e. The van der Waals surface area contributed by atoms with Crippen LogP contribution in [0, 0.1) is 11.3 Å². The van der Waals surface area contributed by atoms with Crippen molar-refractivity contribution in [2.45, 2.75) is 17.7 Å². The molecule has 2 heterocycles. The Hall–Kier alpha value is -3.02. The standard InChI is InChI=1S/C19H16N4O3S/c20-13-14-3-5-16(6-4-14)19-21-18(22-26-19)15-7-9-17(10-8-15)27(24,25)23-11-1-2-12-23/h3-10H,1-2,11-12H2. The number of aromatic nitrogens is 2. The Balaban J connectivity index is 1.57. The number of hydrogen-bond acceptors (Lipinski definition) is 6. The molecule has 0 N–H and O–H groups in total. The van der Waals surface area contributed by atoms with E-state index in [-0.39, 0.29) is 4.90 Å². The van der Waals surface area contributed by atoms with Crippen LogP contribution in [0.4, 0.5) is 0 Å². The fourth-order valence-electron chi connectivity index (χ4n) is 3.00. The number of sulfonamides is 1. The molecule has 1 aromatic heterocycles. The van der Waals surface area contributed by atoms with E-state index in [9.17, 15) is 8.42 Å². The van der Waals surface area contributed by atoms with Crippen LogP contribution < -0.4 is 0 Å². The first-order valence-electron chi connectivity index (χ1n) is 8.53. The van der Waals surface area contributed by atoms with Crippen LogP contribution in [0.2, 0.25) is 0 Å². The van der Waals surface area contributed by atoms with Crippen LogP contribution in [0.1, 0.15) is 18.4 Å². The molecule has 4 rings (SSSR count). The van der Waals surface area contributed by atoms with Gasteiger partial charge in [0.2, 0.25) is 15.8 Å². The van der Waals surface area contributed by atoms with E-state index in [1.54, 1.807) is 48.5 Å². The maximum absolute atomic E-state index is 12.6. The van der Waals surface area contributed by atoms with Crippen molar-refractivity contribution in [1.82, 2.24) is 14.4 Å². The molecule has 0 aliphatic carbocycles. The van der Waals surface area contributed by atoms with Crippen molar-refractivity contribution >= 4 is 10.0 Å². The number of nitrogens with zero attached hydrogens (tertiary/aromatic N) is 4. The minimum Gasteiger partial charge on any atom is -0.334 e. The van der Waals surface area contributed by atoms with E-state index in [2.05, 4.69) is 16.2 Å². The van der Waals surface area contributed by atoms with Crippen LogP contribution in [0.25, 0.3) is 22.8 Å². The molecular weight excluding hydrogens is 364 g/mol. The van der Waals surface area contributed by atoms with Crippen LogP contribution in [-0.4, -0.2) is 36.0 Å². The van der Waals surface area contributed by atoms with Crippen LogP contribution >= 0.6 is 0 Å². The van der Waals surface area contributed by atoms with Gasteiger partial charge in [-0.05, 0) is 61.4 Å². The van der Waals surface area contributed by atoms with Gasteiger partial charge in [0.25, 0.3) is 5.89 Å². The van der Waals surface area contributed by atoms with E-state index in [4.69, 9.17) is 9.78 Å². The second kappa shape index (κ2) is 6.95. The van der Waals surface area contributed by atoms with Crippen molar-refractivity contribution in [3.63, 3.8) is 0 Å². The van der Waals surface area contributed by atoms with Crippen LogP contribution in [0.15, 0.2) is 57.9 Å². The SMILES string of the molecule is N#Cc1ccc(-c2nc(-c3ccc(S(=O)(=O)N4CCCC4)cc3)no2)cc1. The summed E-state index contributed by atoms with van der Waals surface area (Å²) < 4.78 is 32.0. The van der Waals surface area contributed by atoms with Gasteiger partial charge in [-0.25, -0.2) is 8.42 Å². The smallest absolute Gasteiger partial charge is 0.258 e. The van der Waals surface area contributed by atoms with E-state index in [1.807, 2.05) is 0 Å². The molecule has 0 radical (unpaired) electrons. The monoisotopic (exact) mass is 380 g/mol. The maximum Gasteiger partial charge on any atom is 0.258 e. The van der Waals surface area contributed by atoms with Crippen LogP contribution in [0.3, 0.4) is 0 Å². The van der Waals surface area contributed by atoms with E-state index < -0.39 is 10.0 Å². The molecule has 1 saturated heterocycles. The van der Waals surface area contributed by atoms with Gasteiger partial charge >= 0.3 is 0 Å². The fourth-order valence-corrected chi connectivity index (χ4v) is 4.52. The number of nitriles is 1. The molecule has 27 heavy (non-hydrogen) atoms. The Labute approximate surface area is 156 Å². The highest BCUT2D eigenvalue weighted by atomic mass is 32.2. The van der Waals surface area contributed by atoms with E-state index >= 15 is 0 Å². The van der Waals surface area contributed by atoms with Gasteiger partial charge in [0.15, 0.2) is 0 Å². The molecule has 8 heteroatoms. The van der Waals surface area contributed by atoms with E-state index in [0.717, 1.165) is 12.8 Å². The lowest BCUT2D eigenvalue weighted by Crippen LogP contribution is -2.27. The molecule has 0 atom stereocenters. The third-order valence-electron chi connectivity index (χ3n) is 4.50. The Kier molecular flexibility index (Phi) is 4.48. The molecule has 0 saturated carbocycles. The predicted molar refractivity (Wildman–Crippen MR) is 97.9 cm³/mol. The molecule has 3 aromatic rings. The Bertz CT molecular complexity index is 1090. The molecule has 136 valence electrons. The zero-order chi connectivity index (χ0) is 18.9. The van der Waals surface area contributed by atoms with Gasteiger partial charge in [-0.3, -0.25) is 0 Å². The highest BCUT2D eigenvalue weighted by Gasteiger charge is 2.27. The van der Waals surface area contributed by atoms with Crippen molar-refractivity contribution < 1.29 is 12.9 Å². The summed E-state index contributed by atoms with van der Waals surface area (Å²) in [6.07, 6.45) is 1.80. The Morgan fingerprint density at radius 3 is 2.22 bits per heavy atom. The number of benzene rings is 2. The zero-order valence-corrected chi connectivity index (χ0v) is 15.2. The predicted octanol–water partition coefficient (Wildman–Crippen LogP) is 3.06. The second-order valence-corrected chi connectivity index (χ2v) is 8.19. The van der Waals surface area contributed by atoms with Gasteiger partial charge in [-0.1, -0.05) is 5.16 Å². The summed E-state index contributed by atoms with van der Waals surface area (Å²) >= 11 is 0. The summed E-state index contributed by atoms with van der Waals surface area (Å²) in [6, 6.07) is 15.4. The highest BCUT2D eigenvalue weighted by molar-refractivity contribution is 7.89. The normalized spacial score (nSPS) is 14.9. The van der Waals surface area contributed by atoms with E-state index in [1.165, 1.54) is 4.31 Å². The highest BCUT2D eigenvalue weighted by Crippen LogP contribution is 2.25. The topological polar surface area (TPSA) is 100 Å². The molecule has 1 aliphatic rings. The minimum atomic E-state index is -3.44. The third-order valence-corrected chi connectivity index (χ3v) is 6.42.